The Morgan fingerprint density at radius 2 is 2.15 bits per heavy atom. The van der Waals surface area contributed by atoms with Gasteiger partial charge in [-0.15, -0.1) is 11.3 Å². The SMILES string of the molecule is COC(=O)C1=CC(c2nccs2)=N[S+]([O-])N1CCOCc1ccccc1. The van der Waals surface area contributed by atoms with E-state index in [-0.39, 0.29) is 18.8 Å². The Hall–Kier alpha value is -2.20. The number of methoxy groups -OCH3 is 1. The van der Waals surface area contributed by atoms with Crippen LogP contribution in [0.15, 0.2) is 58.1 Å². The Morgan fingerprint density at radius 3 is 2.85 bits per heavy atom. The topological polar surface area (TPSA) is 87.1 Å². The van der Waals surface area contributed by atoms with E-state index in [1.54, 1.807) is 17.7 Å². The van der Waals surface area contributed by atoms with E-state index >= 15 is 0 Å². The fourth-order valence-corrected chi connectivity index (χ4v) is 3.86. The molecule has 2 heterocycles. The summed E-state index contributed by atoms with van der Waals surface area (Å²) in [6.07, 6.45) is 3.17. The minimum absolute atomic E-state index is 0.175. The van der Waals surface area contributed by atoms with Crippen molar-refractivity contribution >= 4 is 34.6 Å². The van der Waals surface area contributed by atoms with Crippen LogP contribution in [0.4, 0.5) is 0 Å². The summed E-state index contributed by atoms with van der Waals surface area (Å²) >= 11 is -0.397. The molecule has 3 rings (SSSR count). The van der Waals surface area contributed by atoms with Crippen molar-refractivity contribution in [3.05, 3.63) is 64.3 Å². The number of aromatic nitrogens is 1. The summed E-state index contributed by atoms with van der Waals surface area (Å²) in [6.45, 7) is 0.971. The van der Waals surface area contributed by atoms with Crippen molar-refractivity contribution in [1.82, 2.24) is 9.29 Å². The fraction of sp³-hybridized carbons (Fsp3) is 0.235. The van der Waals surface area contributed by atoms with Crippen molar-refractivity contribution in [1.29, 1.82) is 0 Å². The Morgan fingerprint density at radius 1 is 1.35 bits per heavy atom. The van der Waals surface area contributed by atoms with Crippen LogP contribution in [0.5, 0.6) is 0 Å². The van der Waals surface area contributed by atoms with Crippen molar-refractivity contribution < 1.29 is 18.8 Å². The molecule has 0 saturated heterocycles. The highest BCUT2D eigenvalue weighted by Crippen LogP contribution is 2.22. The van der Waals surface area contributed by atoms with Gasteiger partial charge < -0.3 is 14.0 Å². The van der Waals surface area contributed by atoms with Crippen molar-refractivity contribution in [2.75, 3.05) is 20.3 Å². The summed E-state index contributed by atoms with van der Waals surface area (Å²) in [4.78, 5) is 16.3. The Balaban J connectivity index is 1.66. The Labute approximate surface area is 158 Å². The number of hydrogen-bond donors (Lipinski definition) is 0. The molecule has 1 aromatic heterocycles. The molecule has 0 aliphatic carbocycles. The standard InChI is InChI=1S/C17H17N3O4S2/c1-23-17(21)15-11-14(16-18-7-10-25-16)19-26(22)20(15)8-9-24-12-13-5-3-2-4-6-13/h2-7,10-11H,8-9,12H2,1H3. The molecule has 26 heavy (non-hydrogen) atoms. The van der Waals surface area contributed by atoms with Crippen LogP contribution < -0.4 is 0 Å². The average molecular weight is 391 g/mol. The molecule has 2 aromatic rings. The highest BCUT2D eigenvalue weighted by molar-refractivity contribution is 7.88. The van der Waals surface area contributed by atoms with Gasteiger partial charge in [0.05, 0.1) is 26.9 Å². The Kier molecular flexibility index (Phi) is 6.40. The van der Waals surface area contributed by atoms with Gasteiger partial charge in [-0.25, -0.2) is 9.78 Å². The lowest BCUT2D eigenvalue weighted by Crippen LogP contribution is -2.38. The molecule has 0 bridgehead atoms. The van der Waals surface area contributed by atoms with Crippen LogP contribution in [0, 0.1) is 0 Å². The molecule has 0 spiro atoms. The number of allylic oxidation sites excluding steroid dienone is 1. The Bertz CT molecular complexity index is 794. The third-order valence-electron chi connectivity index (χ3n) is 3.50. The van der Waals surface area contributed by atoms with Crippen LogP contribution in [0.2, 0.25) is 0 Å². The molecule has 0 fully saturated rings. The van der Waals surface area contributed by atoms with Crippen LogP contribution in [0.3, 0.4) is 0 Å². The molecule has 0 amide bonds. The van der Waals surface area contributed by atoms with Crippen LogP contribution in [-0.4, -0.2) is 45.8 Å². The van der Waals surface area contributed by atoms with Gasteiger partial charge in [-0.3, -0.25) is 0 Å². The highest BCUT2D eigenvalue weighted by Gasteiger charge is 2.34. The molecular weight excluding hydrogens is 374 g/mol. The third kappa shape index (κ3) is 4.50. The molecule has 9 heteroatoms. The van der Waals surface area contributed by atoms with Crippen LogP contribution in [0.1, 0.15) is 10.6 Å². The van der Waals surface area contributed by atoms with Gasteiger partial charge in [-0.05, 0) is 9.96 Å². The van der Waals surface area contributed by atoms with Gasteiger partial charge in [0.15, 0.2) is 11.4 Å². The molecule has 1 unspecified atom stereocenters. The first-order valence-electron chi connectivity index (χ1n) is 7.79. The maximum Gasteiger partial charge on any atom is 0.359 e. The lowest BCUT2D eigenvalue weighted by Gasteiger charge is -2.25. The van der Waals surface area contributed by atoms with E-state index in [1.165, 1.54) is 22.8 Å². The van der Waals surface area contributed by atoms with E-state index in [9.17, 15) is 9.35 Å². The molecule has 0 saturated carbocycles. The number of rotatable bonds is 7. The molecule has 7 nitrogen and oxygen atoms in total. The number of carbonyl (C=O) groups excluding carboxylic acids is 1. The van der Waals surface area contributed by atoms with E-state index in [0.717, 1.165) is 5.56 Å². The smallest absolute Gasteiger partial charge is 0.359 e. The fourth-order valence-electron chi connectivity index (χ4n) is 2.27. The minimum atomic E-state index is -1.75. The van der Waals surface area contributed by atoms with E-state index in [2.05, 4.69) is 9.38 Å². The summed E-state index contributed by atoms with van der Waals surface area (Å²) < 4.78 is 28.4. The number of thiazole rings is 1. The van der Waals surface area contributed by atoms with Crippen molar-refractivity contribution in [3.8, 4) is 0 Å². The minimum Gasteiger partial charge on any atom is -0.566 e. The van der Waals surface area contributed by atoms with Gasteiger partial charge in [0.25, 0.3) is 0 Å². The number of carbonyl (C=O) groups is 1. The monoisotopic (exact) mass is 391 g/mol. The molecular formula is C17H17N3O4S2. The number of esters is 1. The maximum atomic E-state index is 12.5. The zero-order chi connectivity index (χ0) is 18.4. The number of hydrogen-bond acceptors (Lipinski definition) is 8. The quantitative estimate of drug-likeness (QED) is 0.408. The van der Waals surface area contributed by atoms with Crippen molar-refractivity contribution in [3.63, 3.8) is 0 Å². The first-order valence-corrected chi connectivity index (χ1v) is 9.73. The number of nitrogens with zero attached hydrogens (tertiary/aromatic N) is 3. The lowest BCUT2D eigenvalue weighted by molar-refractivity contribution is -0.137. The van der Waals surface area contributed by atoms with E-state index < -0.39 is 17.5 Å². The van der Waals surface area contributed by atoms with Gasteiger partial charge in [-0.2, -0.15) is 4.31 Å². The predicted octanol–water partition coefficient (Wildman–Crippen LogP) is 2.10. The molecule has 1 atom stereocenters. The predicted molar refractivity (Wildman–Crippen MR) is 99.7 cm³/mol. The van der Waals surface area contributed by atoms with Gasteiger partial charge in [0, 0.05) is 17.7 Å². The van der Waals surface area contributed by atoms with E-state index in [1.807, 2.05) is 30.3 Å². The largest absolute Gasteiger partial charge is 0.566 e. The van der Waals surface area contributed by atoms with E-state index in [0.29, 0.717) is 17.3 Å². The first-order chi connectivity index (χ1) is 12.7. The van der Waals surface area contributed by atoms with Gasteiger partial charge >= 0.3 is 5.97 Å². The van der Waals surface area contributed by atoms with Gasteiger partial charge in [0.2, 0.25) is 11.5 Å². The molecule has 0 radical (unpaired) electrons. The molecule has 1 aromatic carbocycles. The number of ether oxygens (including phenoxy) is 2. The second-order valence-electron chi connectivity index (χ2n) is 5.21. The normalized spacial score (nSPS) is 16.8. The number of benzene rings is 1. The van der Waals surface area contributed by atoms with Gasteiger partial charge in [-0.1, -0.05) is 30.3 Å². The van der Waals surface area contributed by atoms with E-state index in [4.69, 9.17) is 9.47 Å². The van der Waals surface area contributed by atoms with Crippen LogP contribution >= 0.6 is 11.3 Å². The zero-order valence-electron chi connectivity index (χ0n) is 14.0. The summed E-state index contributed by atoms with van der Waals surface area (Å²) in [6, 6.07) is 9.73. The summed E-state index contributed by atoms with van der Waals surface area (Å²) in [7, 11) is 1.28. The van der Waals surface area contributed by atoms with Crippen molar-refractivity contribution in [2.45, 2.75) is 6.61 Å². The molecule has 1 aliphatic rings. The first kappa shape index (κ1) is 18.6. The third-order valence-corrected chi connectivity index (χ3v) is 5.41. The van der Waals surface area contributed by atoms with Crippen molar-refractivity contribution in [2.24, 2.45) is 4.40 Å². The van der Waals surface area contributed by atoms with Crippen LogP contribution in [-0.2, 0) is 32.4 Å². The summed E-state index contributed by atoms with van der Waals surface area (Å²) in [5, 5.41) is 2.38. The second-order valence-corrected chi connectivity index (χ2v) is 7.19. The maximum absolute atomic E-state index is 12.5. The average Bonchev–Trinajstić information content (AvgIpc) is 3.21. The summed E-state index contributed by atoms with van der Waals surface area (Å²) in [5.41, 5.74) is 1.62. The zero-order valence-corrected chi connectivity index (χ0v) is 15.7. The van der Waals surface area contributed by atoms with Crippen LogP contribution in [0.25, 0.3) is 0 Å². The van der Waals surface area contributed by atoms with Gasteiger partial charge in [0.1, 0.15) is 5.01 Å². The summed E-state index contributed by atoms with van der Waals surface area (Å²) in [5.74, 6) is -0.578. The molecule has 1 aliphatic heterocycles. The molecule has 136 valence electrons. The lowest BCUT2D eigenvalue weighted by atomic mass is 10.2. The molecule has 0 N–H and O–H groups in total. The second kappa shape index (κ2) is 8.95. The highest BCUT2D eigenvalue weighted by atomic mass is 32.2.